The van der Waals surface area contributed by atoms with Gasteiger partial charge in [0.1, 0.15) is 12.4 Å². The zero-order valence-corrected chi connectivity index (χ0v) is 23.2. The summed E-state index contributed by atoms with van der Waals surface area (Å²) in [7, 11) is 4.55. The third kappa shape index (κ3) is 5.19. The van der Waals surface area contributed by atoms with Crippen molar-refractivity contribution in [2.75, 3.05) is 21.3 Å². The lowest BCUT2D eigenvalue weighted by molar-refractivity contribution is -0.136. The highest BCUT2D eigenvalue weighted by atomic mass is 16.5. The zero-order chi connectivity index (χ0) is 28.2. The lowest BCUT2D eigenvalue weighted by atomic mass is 9.71. The molecule has 40 heavy (non-hydrogen) atoms. The standard InChI is InChI=1S/C33H33NO6/c1-20-30(33(36)39-4)31(24-12-8-9-13-27(24)40-19-21-10-6-5-7-11-21)32-25(34-20)16-23(17-26(32)35)22-14-15-28(37-2)29(18-22)38-3/h5-15,18,23,31,34H,16-17,19H2,1-4H3. The Bertz CT molecular complexity index is 1490. The topological polar surface area (TPSA) is 83.1 Å². The summed E-state index contributed by atoms with van der Waals surface area (Å²) in [5, 5.41) is 3.38. The van der Waals surface area contributed by atoms with Crippen molar-refractivity contribution in [3.8, 4) is 17.2 Å². The second kappa shape index (κ2) is 11.7. The van der Waals surface area contributed by atoms with Crippen LogP contribution in [0, 0.1) is 0 Å². The highest BCUT2D eigenvalue weighted by Crippen LogP contribution is 2.48. The van der Waals surface area contributed by atoms with Crippen molar-refractivity contribution in [3.63, 3.8) is 0 Å². The van der Waals surface area contributed by atoms with E-state index in [9.17, 15) is 9.59 Å². The van der Waals surface area contributed by atoms with Crippen LogP contribution in [0.2, 0.25) is 0 Å². The molecule has 0 bridgehead atoms. The summed E-state index contributed by atoms with van der Waals surface area (Å²) in [5.41, 5.74) is 5.23. The van der Waals surface area contributed by atoms with Crippen molar-refractivity contribution in [1.82, 2.24) is 5.32 Å². The number of rotatable bonds is 8. The SMILES string of the molecule is COC(=O)C1=C(C)NC2=C(C(=O)CC(c3ccc(OC)c(OC)c3)C2)C1c1ccccc1OCc1ccccc1. The van der Waals surface area contributed by atoms with E-state index in [-0.39, 0.29) is 11.7 Å². The van der Waals surface area contributed by atoms with Gasteiger partial charge in [0.2, 0.25) is 0 Å². The molecule has 2 aliphatic rings. The van der Waals surface area contributed by atoms with Gasteiger partial charge in [0, 0.05) is 29.0 Å². The average Bonchev–Trinajstić information content (AvgIpc) is 2.99. The Morgan fingerprint density at radius 1 is 0.875 bits per heavy atom. The smallest absolute Gasteiger partial charge is 0.336 e. The number of benzene rings is 3. The number of nitrogens with one attached hydrogen (secondary N) is 1. The number of para-hydroxylation sites is 1. The molecule has 7 heteroatoms. The normalized spacial score (nSPS) is 18.6. The molecule has 206 valence electrons. The first kappa shape index (κ1) is 27.1. The fraction of sp³-hybridized carbons (Fsp3) is 0.273. The van der Waals surface area contributed by atoms with Crippen LogP contribution in [-0.2, 0) is 20.9 Å². The number of methoxy groups -OCH3 is 3. The predicted octanol–water partition coefficient (Wildman–Crippen LogP) is 5.82. The van der Waals surface area contributed by atoms with E-state index in [2.05, 4.69) is 5.32 Å². The van der Waals surface area contributed by atoms with Gasteiger partial charge in [0.25, 0.3) is 0 Å². The van der Waals surface area contributed by atoms with Gasteiger partial charge in [-0.15, -0.1) is 0 Å². The third-order valence-electron chi connectivity index (χ3n) is 7.58. The second-order valence-electron chi connectivity index (χ2n) is 9.94. The van der Waals surface area contributed by atoms with Crippen molar-refractivity contribution in [1.29, 1.82) is 0 Å². The number of ether oxygens (including phenoxy) is 4. The van der Waals surface area contributed by atoms with Gasteiger partial charge in [0.05, 0.1) is 32.8 Å². The molecule has 0 spiro atoms. The van der Waals surface area contributed by atoms with E-state index >= 15 is 0 Å². The fourth-order valence-corrected chi connectivity index (χ4v) is 5.66. The number of hydrogen-bond acceptors (Lipinski definition) is 7. The summed E-state index contributed by atoms with van der Waals surface area (Å²) < 4.78 is 22.4. The number of esters is 1. The minimum Gasteiger partial charge on any atom is -0.493 e. The maximum Gasteiger partial charge on any atom is 0.336 e. The van der Waals surface area contributed by atoms with Crippen LogP contribution in [0.3, 0.4) is 0 Å². The molecule has 5 rings (SSSR count). The average molecular weight is 540 g/mol. The van der Waals surface area contributed by atoms with Gasteiger partial charge in [-0.05, 0) is 48.6 Å². The summed E-state index contributed by atoms with van der Waals surface area (Å²) in [6.07, 6.45) is 0.902. The largest absolute Gasteiger partial charge is 0.493 e. The Balaban J connectivity index is 1.55. The number of dihydropyridines is 1. The van der Waals surface area contributed by atoms with Gasteiger partial charge in [0.15, 0.2) is 17.3 Å². The molecule has 2 atom stereocenters. The van der Waals surface area contributed by atoms with E-state index in [1.807, 2.05) is 79.7 Å². The van der Waals surface area contributed by atoms with Gasteiger partial charge in [-0.3, -0.25) is 4.79 Å². The van der Waals surface area contributed by atoms with Gasteiger partial charge >= 0.3 is 5.97 Å². The maximum absolute atomic E-state index is 14.0. The summed E-state index contributed by atoms with van der Waals surface area (Å²) in [4.78, 5) is 27.1. The van der Waals surface area contributed by atoms with Crippen molar-refractivity contribution in [2.45, 2.75) is 38.2 Å². The molecule has 1 aliphatic heterocycles. The molecule has 0 saturated heterocycles. The summed E-state index contributed by atoms with van der Waals surface area (Å²) in [6.45, 7) is 2.21. The number of ketones is 1. The molecule has 0 fully saturated rings. The number of allylic oxidation sites excluding steroid dienone is 3. The maximum atomic E-state index is 14.0. The summed E-state index contributed by atoms with van der Waals surface area (Å²) >= 11 is 0. The molecule has 0 aromatic heterocycles. The Morgan fingerprint density at radius 2 is 1.60 bits per heavy atom. The predicted molar refractivity (Wildman–Crippen MR) is 151 cm³/mol. The number of carbonyl (C=O) groups excluding carboxylic acids is 2. The first-order valence-electron chi connectivity index (χ1n) is 13.2. The zero-order valence-electron chi connectivity index (χ0n) is 23.2. The Kier molecular flexibility index (Phi) is 7.91. The third-order valence-corrected chi connectivity index (χ3v) is 7.58. The van der Waals surface area contributed by atoms with Crippen LogP contribution in [0.1, 0.15) is 48.3 Å². The quantitative estimate of drug-likeness (QED) is 0.361. The van der Waals surface area contributed by atoms with Gasteiger partial charge in [-0.2, -0.15) is 0 Å². The minimum atomic E-state index is -0.616. The molecular weight excluding hydrogens is 506 g/mol. The molecular formula is C33H33NO6. The van der Waals surface area contributed by atoms with E-state index < -0.39 is 11.9 Å². The fourth-order valence-electron chi connectivity index (χ4n) is 5.66. The molecule has 3 aromatic rings. The van der Waals surface area contributed by atoms with Gasteiger partial charge in [-0.1, -0.05) is 54.6 Å². The first-order chi connectivity index (χ1) is 19.4. The van der Waals surface area contributed by atoms with Crippen molar-refractivity contribution >= 4 is 11.8 Å². The van der Waals surface area contributed by atoms with E-state index in [0.717, 1.165) is 22.4 Å². The van der Waals surface area contributed by atoms with Crippen LogP contribution in [0.25, 0.3) is 0 Å². The second-order valence-corrected chi connectivity index (χ2v) is 9.94. The summed E-state index contributed by atoms with van der Waals surface area (Å²) in [6, 6.07) is 23.2. The van der Waals surface area contributed by atoms with Crippen molar-refractivity contribution < 1.29 is 28.5 Å². The van der Waals surface area contributed by atoms with E-state index in [4.69, 9.17) is 18.9 Å². The lowest BCUT2D eigenvalue weighted by Gasteiger charge is -2.37. The summed E-state index contributed by atoms with van der Waals surface area (Å²) in [5.74, 6) is 0.701. The minimum absolute atomic E-state index is 0.0229. The molecule has 3 aromatic carbocycles. The highest BCUT2D eigenvalue weighted by Gasteiger charge is 2.42. The van der Waals surface area contributed by atoms with Crippen LogP contribution in [0.4, 0.5) is 0 Å². The van der Waals surface area contributed by atoms with Gasteiger partial charge in [-0.25, -0.2) is 4.79 Å². The van der Waals surface area contributed by atoms with Crippen LogP contribution in [-0.4, -0.2) is 33.1 Å². The van der Waals surface area contributed by atoms with E-state index in [1.54, 1.807) is 14.2 Å². The Hall–Kier alpha value is -4.52. The van der Waals surface area contributed by atoms with Crippen LogP contribution < -0.4 is 19.5 Å². The van der Waals surface area contributed by atoms with Crippen molar-refractivity contribution in [2.24, 2.45) is 0 Å². The number of hydrogen-bond donors (Lipinski definition) is 1. The number of carbonyl (C=O) groups is 2. The Morgan fingerprint density at radius 3 is 2.33 bits per heavy atom. The van der Waals surface area contributed by atoms with Crippen LogP contribution in [0.5, 0.6) is 17.2 Å². The molecule has 7 nitrogen and oxygen atoms in total. The van der Waals surface area contributed by atoms with Crippen molar-refractivity contribution in [3.05, 3.63) is 112 Å². The molecule has 0 radical (unpaired) electrons. The van der Waals surface area contributed by atoms with E-state index in [1.165, 1.54) is 7.11 Å². The molecule has 1 aliphatic carbocycles. The monoisotopic (exact) mass is 539 g/mol. The molecule has 1 N–H and O–H groups in total. The first-order valence-corrected chi connectivity index (χ1v) is 13.2. The van der Waals surface area contributed by atoms with Gasteiger partial charge < -0.3 is 24.3 Å². The number of Topliss-reactive ketones (excluding diaryl/α,β-unsaturated/α-hetero) is 1. The lowest BCUT2D eigenvalue weighted by Crippen LogP contribution is -2.36. The molecule has 0 amide bonds. The highest BCUT2D eigenvalue weighted by molar-refractivity contribution is 6.04. The van der Waals surface area contributed by atoms with Crippen LogP contribution in [0.15, 0.2) is 95.3 Å². The molecule has 0 saturated carbocycles. The molecule has 1 heterocycles. The van der Waals surface area contributed by atoms with E-state index in [0.29, 0.717) is 53.5 Å². The van der Waals surface area contributed by atoms with Crippen LogP contribution >= 0.6 is 0 Å². The Labute approximate surface area is 234 Å². The molecule has 2 unspecified atom stereocenters.